The number of allylic oxidation sites excluding steroid dienone is 2. The van der Waals surface area contributed by atoms with Gasteiger partial charge >= 0.3 is 6.18 Å². The largest absolute Gasteiger partial charge is 0.414 e. The Balaban J connectivity index is 4.69. The van der Waals surface area contributed by atoms with Crippen LogP contribution in [0, 0.1) is 11.3 Å². The van der Waals surface area contributed by atoms with Crippen molar-refractivity contribution in [3.8, 4) is 6.07 Å². The molecule has 0 amide bonds. The van der Waals surface area contributed by atoms with E-state index in [2.05, 4.69) is 0 Å². The Kier molecular flexibility index (Phi) is 2.73. The predicted molar refractivity (Wildman–Crippen MR) is 30.2 cm³/mol. The van der Waals surface area contributed by atoms with Crippen LogP contribution >= 0.6 is 11.6 Å². The van der Waals surface area contributed by atoms with E-state index >= 15 is 0 Å². The van der Waals surface area contributed by atoms with E-state index < -0.39 is 16.8 Å². The molecule has 56 valence electrons. The summed E-state index contributed by atoms with van der Waals surface area (Å²) in [5.74, 6) is 0. The number of hydrogen-bond donors (Lipinski definition) is 0. The van der Waals surface area contributed by atoms with Crippen molar-refractivity contribution in [2.75, 3.05) is 0 Å². The summed E-state index contributed by atoms with van der Waals surface area (Å²) in [6.07, 6.45) is -4.49. The summed E-state index contributed by atoms with van der Waals surface area (Å²) in [5.41, 5.74) is -1.06. The average molecular weight is 170 g/mol. The third-order valence-electron chi connectivity index (χ3n) is 0.853. The highest BCUT2D eigenvalue weighted by molar-refractivity contribution is 6.32. The number of nitriles is 1. The maximum atomic E-state index is 11.6. The Morgan fingerprint density at radius 3 is 2.00 bits per heavy atom. The first-order valence-corrected chi connectivity index (χ1v) is 2.61. The number of rotatable bonds is 0. The molecule has 0 aliphatic carbocycles. The van der Waals surface area contributed by atoms with Crippen molar-refractivity contribution < 1.29 is 13.2 Å². The molecule has 5 heteroatoms. The molecule has 0 saturated heterocycles. The molecule has 0 rings (SSSR count). The van der Waals surface area contributed by atoms with Crippen molar-refractivity contribution in [3.05, 3.63) is 10.6 Å². The molecule has 0 N–H and O–H groups in total. The van der Waals surface area contributed by atoms with Crippen LogP contribution in [0.4, 0.5) is 13.2 Å². The first kappa shape index (κ1) is 9.31. The van der Waals surface area contributed by atoms with E-state index in [1.54, 1.807) is 0 Å². The van der Waals surface area contributed by atoms with E-state index in [-0.39, 0.29) is 0 Å². The average Bonchev–Trinajstić information content (AvgIpc) is 1.83. The van der Waals surface area contributed by atoms with Gasteiger partial charge in [-0.3, -0.25) is 0 Å². The van der Waals surface area contributed by atoms with Crippen LogP contribution in [0.2, 0.25) is 0 Å². The van der Waals surface area contributed by atoms with Gasteiger partial charge in [-0.1, -0.05) is 11.6 Å². The van der Waals surface area contributed by atoms with Crippen LogP contribution in [0.1, 0.15) is 6.92 Å². The van der Waals surface area contributed by atoms with Crippen molar-refractivity contribution in [3.63, 3.8) is 0 Å². The monoisotopic (exact) mass is 169 g/mol. The minimum Gasteiger partial charge on any atom is -0.191 e. The summed E-state index contributed by atoms with van der Waals surface area (Å²) in [6.45, 7) is 0.756. The lowest BCUT2D eigenvalue weighted by Crippen LogP contribution is -2.09. The zero-order chi connectivity index (χ0) is 8.36. The van der Waals surface area contributed by atoms with Gasteiger partial charge in [-0.25, -0.2) is 0 Å². The van der Waals surface area contributed by atoms with Crippen LogP contribution in [-0.2, 0) is 0 Å². The molecule has 0 aromatic carbocycles. The zero-order valence-corrected chi connectivity index (χ0v) is 5.72. The van der Waals surface area contributed by atoms with Gasteiger partial charge in [-0.15, -0.1) is 0 Å². The number of hydrogen-bond acceptors (Lipinski definition) is 1. The molecular weight excluding hydrogens is 167 g/mol. The summed E-state index contributed by atoms with van der Waals surface area (Å²) in [7, 11) is 0. The van der Waals surface area contributed by atoms with Crippen LogP contribution in [-0.4, -0.2) is 6.18 Å². The van der Waals surface area contributed by atoms with E-state index in [0.717, 1.165) is 6.92 Å². The summed E-state index contributed by atoms with van der Waals surface area (Å²) >= 11 is 4.90. The van der Waals surface area contributed by atoms with E-state index in [1.807, 2.05) is 0 Å². The second kappa shape index (κ2) is 2.93. The van der Waals surface area contributed by atoms with Crippen LogP contribution in [0.3, 0.4) is 0 Å². The van der Waals surface area contributed by atoms with Crippen LogP contribution in [0.5, 0.6) is 0 Å². The Hall–Kier alpha value is -0.690. The first-order chi connectivity index (χ1) is 4.39. The fraction of sp³-hybridized carbons (Fsp3) is 0.400. The van der Waals surface area contributed by atoms with Gasteiger partial charge in [-0.2, -0.15) is 18.4 Å². The van der Waals surface area contributed by atoms with Gasteiger partial charge in [0.05, 0.1) is 5.57 Å². The molecule has 0 aliphatic rings. The van der Waals surface area contributed by atoms with Crippen molar-refractivity contribution in [1.29, 1.82) is 5.26 Å². The lowest BCUT2D eigenvalue weighted by Gasteiger charge is -2.04. The Morgan fingerprint density at radius 1 is 1.50 bits per heavy atom. The first-order valence-electron chi connectivity index (χ1n) is 2.23. The molecule has 0 radical (unpaired) electrons. The summed E-state index contributed by atoms with van der Waals surface area (Å²) in [5, 5.41) is 7.12. The molecule has 0 aromatic rings. The molecule has 1 nitrogen and oxygen atoms in total. The zero-order valence-electron chi connectivity index (χ0n) is 4.96. The smallest absolute Gasteiger partial charge is 0.191 e. The second-order valence-corrected chi connectivity index (χ2v) is 1.93. The number of nitrogens with zero attached hydrogens (tertiary/aromatic N) is 1. The van der Waals surface area contributed by atoms with Gasteiger partial charge < -0.3 is 0 Å². The van der Waals surface area contributed by atoms with Gasteiger partial charge in [0.1, 0.15) is 11.1 Å². The SMILES string of the molecule is C/C(=C(/Cl)C#N)C(F)(F)F. The van der Waals surface area contributed by atoms with Crippen molar-refractivity contribution in [2.45, 2.75) is 13.1 Å². The Morgan fingerprint density at radius 2 is 1.90 bits per heavy atom. The van der Waals surface area contributed by atoms with E-state index in [1.165, 1.54) is 6.07 Å². The molecule has 0 bridgehead atoms. The fourth-order valence-electron chi connectivity index (χ4n) is 0.208. The lowest BCUT2D eigenvalue weighted by atomic mass is 10.3. The van der Waals surface area contributed by atoms with E-state index in [0.29, 0.717) is 0 Å². The van der Waals surface area contributed by atoms with Crippen molar-refractivity contribution >= 4 is 11.6 Å². The standard InChI is InChI=1S/C5H3ClF3N/c1-3(4(6)2-10)5(7,8)9/h1H3/b4-3-. The minimum atomic E-state index is -4.49. The predicted octanol–water partition coefficient (Wildman–Crippen LogP) is 2.59. The topological polar surface area (TPSA) is 23.8 Å². The quantitative estimate of drug-likeness (QED) is 0.512. The molecule has 0 fully saturated rings. The van der Waals surface area contributed by atoms with Crippen LogP contribution < -0.4 is 0 Å². The van der Waals surface area contributed by atoms with Gasteiger partial charge in [0.2, 0.25) is 0 Å². The Bertz CT molecular complexity index is 198. The third kappa shape index (κ3) is 2.28. The Labute approximate surface area is 60.7 Å². The summed E-state index contributed by atoms with van der Waals surface area (Å²) in [4.78, 5) is 0. The summed E-state index contributed by atoms with van der Waals surface area (Å²) in [6, 6.07) is 1.20. The molecule has 0 heterocycles. The van der Waals surface area contributed by atoms with Crippen molar-refractivity contribution in [2.24, 2.45) is 0 Å². The fourth-order valence-corrected chi connectivity index (χ4v) is 0.315. The molecule has 0 aromatic heterocycles. The van der Waals surface area contributed by atoms with E-state index in [4.69, 9.17) is 16.9 Å². The van der Waals surface area contributed by atoms with Gasteiger partial charge in [0.15, 0.2) is 0 Å². The molecule has 0 atom stereocenters. The van der Waals surface area contributed by atoms with Crippen LogP contribution in [0.25, 0.3) is 0 Å². The van der Waals surface area contributed by atoms with Gasteiger partial charge in [-0.05, 0) is 6.92 Å². The maximum Gasteiger partial charge on any atom is 0.414 e. The normalized spacial score (nSPS) is 14.0. The highest BCUT2D eigenvalue weighted by atomic mass is 35.5. The molecule has 0 spiro atoms. The second-order valence-electron chi connectivity index (χ2n) is 1.55. The third-order valence-corrected chi connectivity index (χ3v) is 1.22. The molecule has 0 saturated carbocycles. The van der Waals surface area contributed by atoms with Crippen molar-refractivity contribution in [1.82, 2.24) is 0 Å². The molecular formula is C5H3ClF3N. The minimum absolute atomic E-state index is 0.756. The lowest BCUT2D eigenvalue weighted by molar-refractivity contribution is -0.0915. The number of alkyl halides is 3. The van der Waals surface area contributed by atoms with Gasteiger partial charge in [0.25, 0.3) is 0 Å². The summed E-state index contributed by atoms with van der Waals surface area (Å²) < 4.78 is 34.8. The van der Waals surface area contributed by atoms with Crippen LogP contribution in [0.15, 0.2) is 10.6 Å². The maximum absolute atomic E-state index is 11.6. The van der Waals surface area contributed by atoms with Gasteiger partial charge in [0, 0.05) is 0 Å². The molecule has 0 unspecified atom stereocenters. The van der Waals surface area contributed by atoms with E-state index in [9.17, 15) is 13.2 Å². The highest BCUT2D eigenvalue weighted by Gasteiger charge is 2.32. The molecule has 10 heavy (non-hydrogen) atoms. The number of halogens is 4. The molecule has 0 aliphatic heterocycles. The highest BCUT2D eigenvalue weighted by Crippen LogP contribution is 2.28.